The van der Waals surface area contributed by atoms with Crippen LogP contribution >= 0.6 is 0 Å². The number of sulfonamides is 1. The average molecular weight is 400 g/mol. The van der Waals surface area contributed by atoms with Gasteiger partial charge in [-0.05, 0) is 37.6 Å². The van der Waals surface area contributed by atoms with E-state index in [9.17, 15) is 13.2 Å². The number of hydrogen-bond donors (Lipinski definition) is 1. The molecule has 0 radical (unpaired) electrons. The summed E-state index contributed by atoms with van der Waals surface area (Å²) in [6, 6.07) is 6.28. The Morgan fingerprint density at radius 3 is 2.48 bits per heavy atom. The molecule has 1 heterocycles. The molecule has 27 heavy (non-hydrogen) atoms. The highest BCUT2D eigenvalue weighted by atomic mass is 32.2. The topological polar surface area (TPSA) is 88.2 Å². The van der Waals surface area contributed by atoms with Crippen LogP contribution < -0.4 is 10.1 Å². The summed E-state index contributed by atoms with van der Waals surface area (Å²) in [4.78, 5) is 14.5. The number of methoxy groups -OCH3 is 1. The van der Waals surface area contributed by atoms with Crippen LogP contribution in [0.25, 0.3) is 0 Å². The second-order valence-corrected chi connectivity index (χ2v) is 8.16. The summed E-state index contributed by atoms with van der Waals surface area (Å²) >= 11 is 0. The van der Waals surface area contributed by atoms with Crippen molar-refractivity contribution in [2.45, 2.75) is 18.2 Å². The van der Waals surface area contributed by atoms with E-state index in [0.717, 1.165) is 13.1 Å². The normalized spacial score (nSPS) is 15.1. The summed E-state index contributed by atoms with van der Waals surface area (Å²) in [5, 5.41) is 3.18. The number of amides is 1. The van der Waals surface area contributed by atoms with Crippen LogP contribution in [0.3, 0.4) is 0 Å². The molecule has 1 aliphatic heterocycles. The molecule has 1 aromatic carbocycles. The number of ether oxygens (including phenoxy) is 2. The van der Waals surface area contributed by atoms with Gasteiger partial charge < -0.3 is 19.7 Å². The molecule has 1 aliphatic rings. The lowest BCUT2D eigenvalue weighted by Crippen LogP contribution is -2.50. The van der Waals surface area contributed by atoms with Gasteiger partial charge in [-0.2, -0.15) is 4.31 Å². The zero-order chi connectivity index (χ0) is 19.7. The van der Waals surface area contributed by atoms with Crippen LogP contribution in [0.2, 0.25) is 0 Å². The van der Waals surface area contributed by atoms with Gasteiger partial charge in [0.15, 0.2) is 0 Å². The fourth-order valence-electron chi connectivity index (χ4n) is 2.86. The van der Waals surface area contributed by atoms with Crippen molar-refractivity contribution in [2.24, 2.45) is 0 Å². The molecule has 1 N–H and O–H groups in total. The fraction of sp³-hybridized carbons (Fsp3) is 0.611. The van der Waals surface area contributed by atoms with Crippen LogP contribution in [-0.2, 0) is 19.6 Å². The average Bonchev–Trinajstić information content (AvgIpc) is 2.68. The van der Waals surface area contributed by atoms with E-state index < -0.39 is 10.0 Å². The molecular formula is C18H29N3O5S. The number of carbonyl (C=O) groups excluding carboxylic acids is 1. The summed E-state index contributed by atoms with van der Waals surface area (Å²) < 4.78 is 37.8. The summed E-state index contributed by atoms with van der Waals surface area (Å²) in [5.41, 5.74) is 0. The number of nitrogens with one attached hydrogen (secondary N) is 1. The lowest BCUT2D eigenvalue weighted by molar-refractivity contribution is -0.132. The minimum atomic E-state index is -3.79. The van der Waals surface area contributed by atoms with Crippen molar-refractivity contribution in [1.82, 2.24) is 14.5 Å². The van der Waals surface area contributed by atoms with E-state index >= 15 is 0 Å². The molecule has 2 rings (SSSR count). The standard InChI is InChI=1S/C18H29N3O5S/c1-3-26-16-5-7-17(8-6-16)27(23,24)21(11-4-14-25-2)15-18(22)20-12-9-19-10-13-20/h5-8,19H,3-4,9-15H2,1-2H3. The summed E-state index contributed by atoms with van der Waals surface area (Å²) in [6.45, 7) is 5.49. The highest BCUT2D eigenvalue weighted by Gasteiger charge is 2.28. The van der Waals surface area contributed by atoms with Crippen molar-refractivity contribution < 1.29 is 22.7 Å². The molecule has 0 unspecified atom stereocenters. The fourth-order valence-corrected chi connectivity index (χ4v) is 4.29. The van der Waals surface area contributed by atoms with E-state index in [2.05, 4.69) is 5.32 Å². The SMILES string of the molecule is CCOc1ccc(S(=O)(=O)N(CCCOC)CC(=O)N2CCNCC2)cc1. The van der Waals surface area contributed by atoms with Gasteiger partial charge in [0.25, 0.3) is 0 Å². The lowest BCUT2D eigenvalue weighted by Gasteiger charge is -2.30. The molecule has 1 saturated heterocycles. The maximum atomic E-state index is 13.1. The van der Waals surface area contributed by atoms with Crippen LogP contribution in [0.1, 0.15) is 13.3 Å². The van der Waals surface area contributed by atoms with Gasteiger partial charge in [0, 0.05) is 46.4 Å². The van der Waals surface area contributed by atoms with E-state index in [-0.39, 0.29) is 23.9 Å². The number of benzene rings is 1. The first kappa shape index (κ1) is 21.6. The molecule has 0 aromatic heterocycles. The monoisotopic (exact) mass is 399 g/mol. The maximum Gasteiger partial charge on any atom is 0.243 e. The zero-order valence-corrected chi connectivity index (χ0v) is 16.8. The number of nitrogens with zero attached hydrogens (tertiary/aromatic N) is 2. The number of carbonyl (C=O) groups is 1. The molecule has 152 valence electrons. The van der Waals surface area contributed by atoms with Crippen molar-refractivity contribution in [3.05, 3.63) is 24.3 Å². The first-order valence-electron chi connectivity index (χ1n) is 9.19. The van der Waals surface area contributed by atoms with Crippen molar-refractivity contribution >= 4 is 15.9 Å². The summed E-state index contributed by atoms with van der Waals surface area (Å²) in [7, 11) is -2.22. The second kappa shape index (κ2) is 10.6. The minimum absolute atomic E-state index is 0.150. The lowest BCUT2D eigenvalue weighted by atomic mass is 10.3. The maximum absolute atomic E-state index is 13.1. The van der Waals surface area contributed by atoms with E-state index in [4.69, 9.17) is 9.47 Å². The first-order valence-corrected chi connectivity index (χ1v) is 10.6. The molecule has 1 fully saturated rings. The molecule has 0 atom stereocenters. The Bertz CT molecular complexity index is 687. The molecule has 0 saturated carbocycles. The Hall–Kier alpha value is -1.68. The number of piperazine rings is 1. The van der Waals surface area contributed by atoms with Crippen molar-refractivity contribution in [3.63, 3.8) is 0 Å². The van der Waals surface area contributed by atoms with E-state index in [1.54, 1.807) is 24.1 Å². The van der Waals surface area contributed by atoms with Gasteiger partial charge >= 0.3 is 0 Å². The molecule has 8 nitrogen and oxygen atoms in total. The number of rotatable bonds is 10. The van der Waals surface area contributed by atoms with E-state index in [1.165, 1.54) is 16.4 Å². The molecular weight excluding hydrogens is 370 g/mol. The molecule has 1 aromatic rings. The van der Waals surface area contributed by atoms with Crippen LogP contribution in [0, 0.1) is 0 Å². The van der Waals surface area contributed by atoms with Gasteiger partial charge in [0.2, 0.25) is 15.9 Å². The minimum Gasteiger partial charge on any atom is -0.494 e. The largest absolute Gasteiger partial charge is 0.494 e. The third-order valence-electron chi connectivity index (χ3n) is 4.31. The Kier molecular flexibility index (Phi) is 8.49. The Morgan fingerprint density at radius 1 is 1.22 bits per heavy atom. The highest BCUT2D eigenvalue weighted by molar-refractivity contribution is 7.89. The predicted octanol–water partition coefficient (Wildman–Crippen LogP) is 0.544. The molecule has 0 bridgehead atoms. The molecule has 1 amide bonds. The van der Waals surface area contributed by atoms with E-state index in [1.807, 2.05) is 6.92 Å². The van der Waals surface area contributed by atoms with Gasteiger partial charge in [0.1, 0.15) is 5.75 Å². The van der Waals surface area contributed by atoms with Gasteiger partial charge in [-0.25, -0.2) is 8.42 Å². The van der Waals surface area contributed by atoms with Gasteiger partial charge in [-0.1, -0.05) is 0 Å². The van der Waals surface area contributed by atoms with Gasteiger partial charge in [-0.3, -0.25) is 4.79 Å². The summed E-state index contributed by atoms with van der Waals surface area (Å²) in [5.74, 6) is 0.433. The number of hydrogen-bond acceptors (Lipinski definition) is 6. The van der Waals surface area contributed by atoms with Crippen molar-refractivity contribution in [2.75, 3.05) is 59.6 Å². The molecule has 9 heteroatoms. The third kappa shape index (κ3) is 6.17. The van der Waals surface area contributed by atoms with Crippen LogP contribution in [0.5, 0.6) is 5.75 Å². The zero-order valence-electron chi connectivity index (χ0n) is 16.0. The third-order valence-corrected chi connectivity index (χ3v) is 6.17. The predicted molar refractivity (Wildman–Crippen MR) is 102 cm³/mol. The Balaban J connectivity index is 2.15. The van der Waals surface area contributed by atoms with Crippen molar-refractivity contribution in [1.29, 1.82) is 0 Å². The Labute approximate surface area is 161 Å². The van der Waals surface area contributed by atoms with E-state index in [0.29, 0.717) is 38.5 Å². The smallest absolute Gasteiger partial charge is 0.243 e. The Morgan fingerprint density at radius 2 is 1.89 bits per heavy atom. The van der Waals surface area contributed by atoms with Crippen LogP contribution in [-0.4, -0.2) is 83.1 Å². The first-order chi connectivity index (χ1) is 13.0. The highest BCUT2D eigenvalue weighted by Crippen LogP contribution is 2.20. The molecule has 0 aliphatic carbocycles. The van der Waals surface area contributed by atoms with Crippen molar-refractivity contribution in [3.8, 4) is 5.75 Å². The van der Waals surface area contributed by atoms with Crippen LogP contribution in [0.15, 0.2) is 29.2 Å². The summed E-state index contributed by atoms with van der Waals surface area (Å²) in [6.07, 6.45) is 0.515. The molecule has 0 spiro atoms. The van der Waals surface area contributed by atoms with Gasteiger partial charge in [0.05, 0.1) is 18.0 Å². The van der Waals surface area contributed by atoms with Crippen LogP contribution in [0.4, 0.5) is 0 Å². The second-order valence-electron chi connectivity index (χ2n) is 6.22. The quantitative estimate of drug-likeness (QED) is 0.578. The van der Waals surface area contributed by atoms with Gasteiger partial charge in [-0.15, -0.1) is 0 Å².